The monoisotopic (exact) mass is 286 g/mol. The van der Waals surface area contributed by atoms with Gasteiger partial charge in [-0.1, -0.05) is 0 Å². The Kier molecular flexibility index (Phi) is 4.16. The molecule has 0 bridgehead atoms. The van der Waals surface area contributed by atoms with Crippen molar-refractivity contribution in [3.63, 3.8) is 0 Å². The average Bonchev–Trinajstić information content (AvgIpc) is 2.44. The molecule has 0 aliphatic rings. The van der Waals surface area contributed by atoms with Crippen molar-refractivity contribution in [3.8, 4) is 0 Å². The molecule has 0 saturated carbocycles. The van der Waals surface area contributed by atoms with Crippen LogP contribution >= 0.6 is 0 Å². The largest absolute Gasteiger partial charge is 0.316 e. The van der Waals surface area contributed by atoms with Gasteiger partial charge in [0.2, 0.25) is 5.95 Å². The van der Waals surface area contributed by atoms with Crippen molar-refractivity contribution in [1.82, 2.24) is 14.5 Å². The summed E-state index contributed by atoms with van der Waals surface area (Å²) < 4.78 is 1.52. The maximum atomic E-state index is 12.1. The van der Waals surface area contributed by atoms with E-state index in [1.165, 1.54) is 10.6 Å². The molecule has 0 unspecified atom stereocenters. The summed E-state index contributed by atoms with van der Waals surface area (Å²) in [5.41, 5.74) is 2.73. The number of anilines is 1. The van der Waals surface area contributed by atoms with Gasteiger partial charge in [-0.15, -0.1) is 0 Å². The van der Waals surface area contributed by atoms with Gasteiger partial charge in [-0.3, -0.25) is 14.9 Å². The summed E-state index contributed by atoms with van der Waals surface area (Å²) in [4.78, 5) is 32.3. The maximum Gasteiger partial charge on any atom is 0.258 e. The van der Waals surface area contributed by atoms with E-state index in [1.54, 1.807) is 12.3 Å². The summed E-state index contributed by atoms with van der Waals surface area (Å²) in [5.74, 6) is -0.140. The van der Waals surface area contributed by atoms with Crippen molar-refractivity contribution in [3.05, 3.63) is 51.2 Å². The molecule has 0 fully saturated rings. The van der Waals surface area contributed by atoms with Crippen molar-refractivity contribution in [2.24, 2.45) is 0 Å². The number of amides is 1. The number of pyridine rings is 1. The number of nitrogens with zero attached hydrogens (tertiary/aromatic N) is 3. The van der Waals surface area contributed by atoms with Crippen molar-refractivity contribution in [2.45, 2.75) is 34.2 Å². The molecule has 6 nitrogen and oxygen atoms in total. The van der Waals surface area contributed by atoms with Crippen LogP contribution in [0.4, 0.5) is 5.95 Å². The number of carbonyl (C=O) groups is 1. The molecule has 1 N–H and O–H groups in total. The van der Waals surface area contributed by atoms with E-state index < -0.39 is 5.91 Å². The van der Waals surface area contributed by atoms with E-state index in [-0.39, 0.29) is 11.5 Å². The molecule has 0 spiro atoms. The minimum atomic E-state index is -0.391. The normalized spacial score (nSPS) is 10.5. The minimum Gasteiger partial charge on any atom is -0.316 e. The minimum absolute atomic E-state index is 0.206. The third-order valence-electron chi connectivity index (χ3n) is 3.46. The predicted molar refractivity (Wildman–Crippen MR) is 80.6 cm³/mol. The molecule has 2 aromatic rings. The van der Waals surface area contributed by atoms with Gasteiger partial charge in [0, 0.05) is 35.8 Å². The third-order valence-corrected chi connectivity index (χ3v) is 3.46. The fraction of sp³-hybridized carbons (Fsp3) is 0.333. The molecular formula is C15H18N4O2. The lowest BCUT2D eigenvalue weighted by Gasteiger charge is -2.08. The van der Waals surface area contributed by atoms with E-state index in [0.717, 1.165) is 17.0 Å². The van der Waals surface area contributed by atoms with E-state index in [0.29, 0.717) is 12.1 Å². The molecular weight excluding hydrogens is 268 g/mol. The predicted octanol–water partition coefficient (Wildman–Crippen LogP) is 1.84. The number of rotatable bonds is 3. The second-order valence-corrected chi connectivity index (χ2v) is 4.84. The van der Waals surface area contributed by atoms with Gasteiger partial charge in [0.15, 0.2) is 0 Å². The van der Waals surface area contributed by atoms with Crippen LogP contribution in [0.5, 0.6) is 0 Å². The Morgan fingerprint density at radius 1 is 1.24 bits per heavy atom. The topological polar surface area (TPSA) is 76.9 Å². The number of aryl methyl sites for hydroxylation is 3. The van der Waals surface area contributed by atoms with E-state index in [9.17, 15) is 9.59 Å². The van der Waals surface area contributed by atoms with E-state index in [2.05, 4.69) is 15.3 Å². The molecule has 21 heavy (non-hydrogen) atoms. The summed E-state index contributed by atoms with van der Waals surface area (Å²) >= 11 is 0. The van der Waals surface area contributed by atoms with Crippen LogP contribution in [0.2, 0.25) is 0 Å². The Bertz CT molecular complexity index is 727. The highest BCUT2D eigenvalue weighted by Crippen LogP contribution is 2.11. The summed E-state index contributed by atoms with van der Waals surface area (Å²) in [6, 6.07) is 2.92. The Morgan fingerprint density at radius 3 is 2.38 bits per heavy atom. The molecule has 6 heteroatoms. The van der Waals surface area contributed by atoms with E-state index in [4.69, 9.17) is 0 Å². The van der Waals surface area contributed by atoms with Crippen LogP contribution in [0.1, 0.15) is 34.2 Å². The highest BCUT2D eigenvalue weighted by molar-refractivity contribution is 6.03. The van der Waals surface area contributed by atoms with Crippen LogP contribution in [0.25, 0.3) is 0 Å². The first-order chi connectivity index (χ1) is 9.92. The van der Waals surface area contributed by atoms with Crippen LogP contribution in [-0.2, 0) is 6.54 Å². The van der Waals surface area contributed by atoms with Crippen molar-refractivity contribution < 1.29 is 4.79 Å². The van der Waals surface area contributed by atoms with Gasteiger partial charge in [0.25, 0.3) is 11.5 Å². The van der Waals surface area contributed by atoms with Gasteiger partial charge < -0.3 is 4.57 Å². The molecule has 0 saturated heterocycles. The van der Waals surface area contributed by atoms with E-state index >= 15 is 0 Å². The quantitative estimate of drug-likeness (QED) is 0.934. The van der Waals surface area contributed by atoms with Gasteiger partial charge in [0.1, 0.15) is 0 Å². The molecule has 2 heterocycles. The van der Waals surface area contributed by atoms with Gasteiger partial charge in [-0.25, -0.2) is 9.97 Å². The van der Waals surface area contributed by atoms with Gasteiger partial charge >= 0.3 is 0 Å². The second kappa shape index (κ2) is 5.87. The Balaban J connectivity index is 2.26. The molecule has 110 valence electrons. The second-order valence-electron chi connectivity index (χ2n) is 4.84. The maximum absolute atomic E-state index is 12.1. The number of hydrogen-bond acceptors (Lipinski definition) is 4. The van der Waals surface area contributed by atoms with Gasteiger partial charge in [-0.2, -0.15) is 0 Å². The van der Waals surface area contributed by atoms with E-state index in [1.807, 2.05) is 27.7 Å². The number of carbonyl (C=O) groups excluding carboxylic acids is 1. The average molecular weight is 286 g/mol. The SMILES string of the molecule is CCn1ccc(C(=O)Nc2nc(C)c(C)c(C)n2)cc1=O. The molecule has 0 radical (unpaired) electrons. The smallest absolute Gasteiger partial charge is 0.258 e. The Labute approximate surface area is 122 Å². The lowest BCUT2D eigenvalue weighted by molar-refractivity contribution is 0.102. The molecule has 2 rings (SSSR count). The molecule has 0 aliphatic carbocycles. The van der Waals surface area contributed by atoms with Crippen LogP contribution in [-0.4, -0.2) is 20.4 Å². The molecule has 0 aliphatic heterocycles. The van der Waals surface area contributed by atoms with Gasteiger partial charge in [-0.05, 0) is 39.3 Å². The summed E-state index contributed by atoms with van der Waals surface area (Å²) in [5, 5.41) is 2.62. The highest BCUT2D eigenvalue weighted by Gasteiger charge is 2.11. The summed E-state index contributed by atoms with van der Waals surface area (Å²) in [6.07, 6.45) is 1.60. The van der Waals surface area contributed by atoms with Crippen molar-refractivity contribution in [2.75, 3.05) is 5.32 Å². The molecule has 0 aromatic carbocycles. The zero-order valence-corrected chi connectivity index (χ0v) is 12.6. The van der Waals surface area contributed by atoms with Crippen LogP contribution in [0.15, 0.2) is 23.1 Å². The van der Waals surface area contributed by atoms with Crippen LogP contribution < -0.4 is 10.9 Å². The lowest BCUT2D eigenvalue weighted by Crippen LogP contribution is -2.22. The van der Waals surface area contributed by atoms with Crippen LogP contribution in [0.3, 0.4) is 0 Å². The first kappa shape index (κ1) is 14.9. The first-order valence-corrected chi connectivity index (χ1v) is 6.76. The fourth-order valence-electron chi connectivity index (χ4n) is 1.91. The van der Waals surface area contributed by atoms with Crippen molar-refractivity contribution >= 4 is 11.9 Å². The zero-order chi connectivity index (χ0) is 15.6. The molecule has 0 atom stereocenters. The number of nitrogens with one attached hydrogen (secondary N) is 1. The standard InChI is InChI=1S/C15H18N4O2/c1-5-19-7-6-12(8-13(19)20)14(21)18-15-16-10(3)9(2)11(4)17-15/h6-8H,5H2,1-4H3,(H,16,17,18,21). The lowest BCUT2D eigenvalue weighted by atomic mass is 10.2. The van der Waals surface area contributed by atoms with Gasteiger partial charge in [0.05, 0.1) is 0 Å². The molecule has 2 aromatic heterocycles. The zero-order valence-electron chi connectivity index (χ0n) is 12.6. The summed E-state index contributed by atoms with van der Waals surface area (Å²) in [7, 11) is 0. The highest BCUT2D eigenvalue weighted by atomic mass is 16.2. The summed E-state index contributed by atoms with van der Waals surface area (Å²) in [6.45, 7) is 8.10. The Hall–Kier alpha value is -2.50. The Morgan fingerprint density at radius 2 is 1.86 bits per heavy atom. The van der Waals surface area contributed by atoms with Crippen LogP contribution in [0, 0.1) is 20.8 Å². The third kappa shape index (κ3) is 3.16. The van der Waals surface area contributed by atoms with Crippen molar-refractivity contribution in [1.29, 1.82) is 0 Å². The number of aromatic nitrogens is 3. The fourth-order valence-corrected chi connectivity index (χ4v) is 1.91. The molecule has 1 amide bonds. The number of hydrogen-bond donors (Lipinski definition) is 1. The first-order valence-electron chi connectivity index (χ1n) is 6.76.